The van der Waals surface area contributed by atoms with Crippen LogP contribution in [0.15, 0.2) is 47.0 Å². The monoisotopic (exact) mass is 355 g/mol. The summed E-state index contributed by atoms with van der Waals surface area (Å²) in [7, 11) is 0. The van der Waals surface area contributed by atoms with Crippen molar-refractivity contribution in [3.8, 4) is 11.5 Å². The highest BCUT2D eigenvalue weighted by molar-refractivity contribution is 5.87. The van der Waals surface area contributed by atoms with E-state index in [0.717, 1.165) is 16.7 Å². The molecule has 26 heavy (non-hydrogen) atoms. The number of ether oxygens (including phenoxy) is 1. The predicted octanol–water partition coefficient (Wildman–Crippen LogP) is 4.14. The van der Waals surface area contributed by atoms with Crippen molar-refractivity contribution in [2.45, 2.75) is 26.7 Å². The van der Waals surface area contributed by atoms with Crippen molar-refractivity contribution in [3.63, 3.8) is 0 Å². The first-order valence-electron chi connectivity index (χ1n) is 8.14. The number of phenols is 1. The third-order valence-corrected chi connectivity index (χ3v) is 3.97. The third kappa shape index (κ3) is 3.91. The number of aromatic nitrogens is 1. The Morgan fingerprint density at radius 1 is 1.19 bits per heavy atom. The van der Waals surface area contributed by atoms with Crippen molar-refractivity contribution in [2.75, 3.05) is 0 Å². The molecule has 0 radical (unpaired) electrons. The Hall–Kier alpha value is -3.15. The highest BCUT2D eigenvalue weighted by Crippen LogP contribution is 2.24. The Bertz CT molecular complexity index is 925. The number of carbonyl (C=O) groups is 1. The number of esters is 1. The number of hydrogen-bond donors (Lipinski definition) is 1. The van der Waals surface area contributed by atoms with Gasteiger partial charge in [-0.15, -0.1) is 0 Å². The van der Waals surface area contributed by atoms with Crippen molar-refractivity contribution in [1.29, 1.82) is 0 Å². The standard InChI is InChI=1S/C20H18FNO4/c1-12-9-14(10-13(2)19(12)23)7-8-18-22-11-17(25-18)20(24)26-16-6-4-3-5-15(16)21/h3-6,9-11,23H,7-8H2,1-2H3. The van der Waals surface area contributed by atoms with Crippen LogP contribution in [0.4, 0.5) is 4.39 Å². The van der Waals surface area contributed by atoms with Crippen LogP contribution in [0, 0.1) is 19.7 Å². The molecule has 5 nitrogen and oxygen atoms in total. The number of oxazole rings is 1. The van der Waals surface area contributed by atoms with Crippen LogP contribution in [0.2, 0.25) is 0 Å². The lowest BCUT2D eigenvalue weighted by atomic mass is 10.0. The van der Waals surface area contributed by atoms with E-state index in [1.165, 1.54) is 24.4 Å². The van der Waals surface area contributed by atoms with Crippen LogP contribution in [-0.4, -0.2) is 16.1 Å². The molecular formula is C20H18FNO4. The fourth-order valence-electron chi connectivity index (χ4n) is 2.64. The highest BCUT2D eigenvalue weighted by Gasteiger charge is 2.17. The second kappa shape index (κ2) is 7.39. The summed E-state index contributed by atoms with van der Waals surface area (Å²) in [6, 6.07) is 9.44. The summed E-state index contributed by atoms with van der Waals surface area (Å²) >= 11 is 0. The molecule has 0 unspecified atom stereocenters. The molecule has 0 saturated carbocycles. The van der Waals surface area contributed by atoms with Crippen molar-refractivity contribution in [1.82, 2.24) is 4.98 Å². The van der Waals surface area contributed by atoms with Gasteiger partial charge in [0.1, 0.15) is 5.75 Å². The van der Waals surface area contributed by atoms with Gasteiger partial charge < -0.3 is 14.3 Å². The Balaban J connectivity index is 1.64. The molecule has 0 saturated heterocycles. The summed E-state index contributed by atoms with van der Waals surface area (Å²) in [5, 5.41) is 9.81. The molecule has 3 rings (SSSR count). The number of carbonyl (C=O) groups excluding carboxylic acids is 1. The van der Waals surface area contributed by atoms with E-state index in [0.29, 0.717) is 24.5 Å². The fourth-order valence-corrected chi connectivity index (χ4v) is 2.64. The van der Waals surface area contributed by atoms with Gasteiger partial charge in [0, 0.05) is 6.42 Å². The lowest BCUT2D eigenvalue weighted by Gasteiger charge is -2.07. The molecule has 134 valence electrons. The van der Waals surface area contributed by atoms with Crippen LogP contribution in [0.5, 0.6) is 11.5 Å². The van der Waals surface area contributed by atoms with Gasteiger partial charge in [0.25, 0.3) is 0 Å². The maximum absolute atomic E-state index is 13.5. The number of para-hydroxylation sites is 1. The van der Waals surface area contributed by atoms with Crippen LogP contribution in [0.3, 0.4) is 0 Å². The van der Waals surface area contributed by atoms with E-state index in [-0.39, 0.29) is 11.5 Å². The zero-order valence-corrected chi connectivity index (χ0v) is 14.5. The minimum absolute atomic E-state index is 0.0821. The minimum Gasteiger partial charge on any atom is -0.507 e. The predicted molar refractivity (Wildman–Crippen MR) is 92.9 cm³/mol. The Morgan fingerprint density at radius 3 is 2.58 bits per heavy atom. The molecule has 1 aromatic heterocycles. The average molecular weight is 355 g/mol. The molecule has 2 aromatic carbocycles. The number of benzene rings is 2. The summed E-state index contributed by atoms with van der Waals surface area (Å²) in [6.07, 6.45) is 2.40. The topological polar surface area (TPSA) is 72.6 Å². The Morgan fingerprint density at radius 2 is 1.88 bits per heavy atom. The van der Waals surface area contributed by atoms with Crippen LogP contribution >= 0.6 is 0 Å². The zero-order chi connectivity index (χ0) is 18.7. The van der Waals surface area contributed by atoms with E-state index >= 15 is 0 Å². The maximum Gasteiger partial charge on any atom is 0.381 e. The number of phenolic OH excluding ortho intramolecular Hbond substituents is 1. The summed E-state index contributed by atoms with van der Waals surface area (Å²) < 4.78 is 23.9. The van der Waals surface area contributed by atoms with Crippen LogP contribution in [0.1, 0.15) is 33.1 Å². The second-order valence-electron chi connectivity index (χ2n) is 6.02. The van der Waals surface area contributed by atoms with Gasteiger partial charge >= 0.3 is 5.97 Å². The lowest BCUT2D eigenvalue weighted by molar-refractivity contribution is 0.0692. The van der Waals surface area contributed by atoms with Gasteiger partial charge in [-0.3, -0.25) is 0 Å². The number of hydrogen-bond acceptors (Lipinski definition) is 5. The number of aromatic hydroxyl groups is 1. The van der Waals surface area contributed by atoms with Gasteiger partial charge in [-0.05, 0) is 49.1 Å². The van der Waals surface area contributed by atoms with E-state index in [1.807, 2.05) is 26.0 Å². The molecule has 0 atom stereocenters. The molecule has 0 amide bonds. The quantitative estimate of drug-likeness (QED) is 0.550. The minimum atomic E-state index is -0.801. The first-order chi connectivity index (χ1) is 12.4. The van der Waals surface area contributed by atoms with Gasteiger partial charge in [0.2, 0.25) is 5.76 Å². The van der Waals surface area contributed by atoms with Gasteiger partial charge in [0.05, 0.1) is 6.20 Å². The molecule has 0 bridgehead atoms. The molecule has 3 aromatic rings. The second-order valence-corrected chi connectivity index (χ2v) is 6.02. The van der Waals surface area contributed by atoms with Crippen molar-refractivity contribution < 1.29 is 23.4 Å². The van der Waals surface area contributed by atoms with E-state index in [9.17, 15) is 14.3 Å². The van der Waals surface area contributed by atoms with Gasteiger partial charge in [-0.25, -0.2) is 14.2 Å². The number of nitrogens with zero attached hydrogens (tertiary/aromatic N) is 1. The average Bonchev–Trinajstić information content (AvgIpc) is 3.09. The number of aryl methyl sites for hydroxylation is 4. The molecular weight excluding hydrogens is 337 g/mol. The van der Waals surface area contributed by atoms with Gasteiger partial charge in [-0.1, -0.05) is 24.3 Å². The Kier molecular flexibility index (Phi) is 5.02. The first-order valence-corrected chi connectivity index (χ1v) is 8.14. The molecule has 1 heterocycles. The number of rotatable bonds is 5. The van der Waals surface area contributed by atoms with E-state index in [4.69, 9.17) is 9.15 Å². The highest BCUT2D eigenvalue weighted by atomic mass is 19.1. The summed E-state index contributed by atoms with van der Waals surface area (Å²) in [5.41, 5.74) is 2.65. The molecule has 0 spiro atoms. The van der Waals surface area contributed by atoms with Crippen LogP contribution in [-0.2, 0) is 12.8 Å². The van der Waals surface area contributed by atoms with E-state index in [2.05, 4.69) is 4.98 Å². The third-order valence-electron chi connectivity index (χ3n) is 3.97. The van der Waals surface area contributed by atoms with Crippen molar-refractivity contribution >= 4 is 5.97 Å². The summed E-state index contributed by atoms with van der Waals surface area (Å²) in [6.45, 7) is 3.68. The SMILES string of the molecule is Cc1cc(CCc2ncc(C(=O)Oc3ccccc3F)o2)cc(C)c1O. The fraction of sp³-hybridized carbons (Fsp3) is 0.200. The first kappa shape index (κ1) is 17.7. The van der Waals surface area contributed by atoms with E-state index < -0.39 is 11.8 Å². The smallest absolute Gasteiger partial charge is 0.381 e. The molecule has 1 N–H and O–H groups in total. The normalized spacial score (nSPS) is 10.7. The van der Waals surface area contributed by atoms with Crippen LogP contribution in [0.25, 0.3) is 0 Å². The lowest BCUT2D eigenvalue weighted by Crippen LogP contribution is -2.08. The molecule has 0 aliphatic heterocycles. The molecule has 0 aliphatic carbocycles. The zero-order valence-electron chi connectivity index (χ0n) is 14.5. The van der Waals surface area contributed by atoms with Gasteiger partial charge in [-0.2, -0.15) is 0 Å². The summed E-state index contributed by atoms with van der Waals surface area (Å²) in [5.74, 6) is -0.993. The number of halogens is 1. The van der Waals surface area contributed by atoms with E-state index in [1.54, 1.807) is 6.07 Å². The Labute approximate surface area is 150 Å². The molecule has 0 fully saturated rings. The summed E-state index contributed by atoms with van der Waals surface area (Å²) in [4.78, 5) is 16.1. The van der Waals surface area contributed by atoms with Crippen molar-refractivity contribution in [2.24, 2.45) is 0 Å². The van der Waals surface area contributed by atoms with Crippen LogP contribution < -0.4 is 4.74 Å². The maximum atomic E-state index is 13.5. The van der Waals surface area contributed by atoms with Crippen molar-refractivity contribution in [3.05, 3.63) is 76.8 Å². The van der Waals surface area contributed by atoms with Gasteiger partial charge in [0.15, 0.2) is 17.5 Å². The largest absolute Gasteiger partial charge is 0.507 e. The molecule has 0 aliphatic rings. The molecule has 6 heteroatoms.